The number of carbonyl (C=O) groups excluding carboxylic acids is 4. The van der Waals surface area contributed by atoms with Crippen molar-refractivity contribution in [2.24, 2.45) is 0 Å². The minimum Gasteiger partial charge on any atom is -0.445 e. The van der Waals surface area contributed by atoms with Gasteiger partial charge in [0.05, 0.1) is 23.8 Å². The van der Waals surface area contributed by atoms with Crippen molar-refractivity contribution in [2.45, 2.75) is 87.4 Å². The van der Waals surface area contributed by atoms with Crippen LogP contribution in [0.15, 0.2) is 97.1 Å². The maximum atomic E-state index is 14.2. The van der Waals surface area contributed by atoms with Gasteiger partial charge in [0, 0.05) is 50.7 Å². The van der Waals surface area contributed by atoms with Gasteiger partial charge in [-0.3, -0.25) is 19.3 Å². The first-order chi connectivity index (χ1) is 34.8. The molecule has 19 heteroatoms. The Kier molecular flexibility index (Phi) is 16.5. The van der Waals surface area contributed by atoms with E-state index in [9.17, 15) is 49.9 Å². The number of halogens is 7. The van der Waals surface area contributed by atoms with Crippen molar-refractivity contribution in [1.82, 2.24) is 24.5 Å². The van der Waals surface area contributed by atoms with Crippen molar-refractivity contribution < 1.29 is 64.1 Å². The summed E-state index contributed by atoms with van der Waals surface area (Å²) in [7, 11) is 1.74. The lowest BCUT2D eigenvalue weighted by Crippen LogP contribution is -2.50. The Morgan fingerprint density at radius 1 is 0.795 bits per heavy atom. The van der Waals surface area contributed by atoms with E-state index in [1.807, 2.05) is 42.5 Å². The van der Waals surface area contributed by atoms with E-state index >= 15 is 0 Å². The van der Waals surface area contributed by atoms with Gasteiger partial charge in [0.1, 0.15) is 37.9 Å². The summed E-state index contributed by atoms with van der Waals surface area (Å²) < 4.78 is 115. The standard InChI is InChI=1S/C54H60F7N5O7/c1-62(22-7-8-23-64-24-9-10-25-65(33-47(64)67)50(70)72-34-38-11-3-2-4-12-38)48(68)35-71-46-31-39-13-5-6-14-45(39)51(46)19-26-63(27-20-51)28-21-52(41-15-17-44(55)18-16-41)36-66(37-73-52)49(69)40-29-42(53(56,57)58)32-43(30-40)54(59,60)61/h2-6,11-18,29-30,32,46H,7-10,19-28,31,33-37H2,1H3/t46-,52-/m0/s1. The van der Waals surface area contributed by atoms with Crippen molar-refractivity contribution in [1.29, 1.82) is 0 Å². The number of nitrogens with zero attached hydrogens (tertiary/aromatic N) is 5. The monoisotopic (exact) mass is 1020 g/mol. The number of alkyl halides is 6. The zero-order valence-corrected chi connectivity index (χ0v) is 40.7. The summed E-state index contributed by atoms with van der Waals surface area (Å²) in [5.74, 6) is -1.90. The molecular formula is C54H60F7N5O7. The molecule has 3 saturated heterocycles. The highest BCUT2D eigenvalue weighted by Gasteiger charge is 2.50. The van der Waals surface area contributed by atoms with E-state index in [1.54, 1.807) is 16.8 Å². The molecule has 0 radical (unpaired) electrons. The van der Waals surface area contributed by atoms with E-state index in [1.165, 1.54) is 34.7 Å². The van der Waals surface area contributed by atoms with Crippen LogP contribution in [-0.2, 0) is 60.2 Å². The molecule has 1 aliphatic carbocycles. The third kappa shape index (κ3) is 12.7. The Morgan fingerprint density at radius 3 is 2.16 bits per heavy atom. The Bertz CT molecular complexity index is 2540. The molecule has 2 atom stereocenters. The number of unbranched alkanes of at least 4 members (excludes halogenated alkanes) is 1. The van der Waals surface area contributed by atoms with E-state index < -0.39 is 59.2 Å². The molecule has 4 aliphatic rings. The average molecular weight is 1020 g/mol. The maximum absolute atomic E-state index is 14.2. The van der Waals surface area contributed by atoms with Crippen LogP contribution in [0.3, 0.4) is 0 Å². The van der Waals surface area contributed by atoms with Gasteiger partial charge in [-0.1, -0.05) is 66.7 Å². The van der Waals surface area contributed by atoms with Gasteiger partial charge in [0.2, 0.25) is 11.8 Å². The quantitative estimate of drug-likeness (QED) is 0.0858. The Labute approximate surface area is 419 Å². The highest BCUT2D eigenvalue weighted by molar-refractivity contribution is 5.95. The first-order valence-electron chi connectivity index (χ1n) is 24.7. The summed E-state index contributed by atoms with van der Waals surface area (Å²) in [5, 5.41) is 0. The van der Waals surface area contributed by atoms with Crippen molar-refractivity contribution in [3.63, 3.8) is 0 Å². The average Bonchev–Trinajstić information content (AvgIpc) is 3.94. The highest BCUT2D eigenvalue weighted by atomic mass is 19.4. The second kappa shape index (κ2) is 22.6. The van der Waals surface area contributed by atoms with E-state index in [2.05, 4.69) is 17.0 Å². The van der Waals surface area contributed by atoms with Gasteiger partial charge in [-0.05, 0) is 117 Å². The van der Waals surface area contributed by atoms with Gasteiger partial charge in [-0.2, -0.15) is 26.3 Å². The molecular weight excluding hydrogens is 964 g/mol. The number of hydrogen-bond donors (Lipinski definition) is 0. The van der Waals surface area contributed by atoms with Crippen LogP contribution in [0.5, 0.6) is 0 Å². The molecule has 4 aromatic rings. The molecule has 8 rings (SSSR count). The zero-order chi connectivity index (χ0) is 52.0. The van der Waals surface area contributed by atoms with Crippen LogP contribution in [0.4, 0.5) is 35.5 Å². The molecule has 0 bridgehead atoms. The smallest absolute Gasteiger partial charge is 0.416 e. The Balaban J connectivity index is 0.839. The van der Waals surface area contributed by atoms with Crippen LogP contribution < -0.4 is 0 Å². The van der Waals surface area contributed by atoms with Crippen molar-refractivity contribution in [2.75, 3.05) is 79.3 Å². The van der Waals surface area contributed by atoms with Crippen LogP contribution in [0.25, 0.3) is 0 Å². The molecule has 0 N–H and O–H groups in total. The van der Waals surface area contributed by atoms with Crippen molar-refractivity contribution >= 4 is 23.8 Å². The molecule has 12 nitrogen and oxygen atoms in total. The zero-order valence-electron chi connectivity index (χ0n) is 40.7. The summed E-state index contributed by atoms with van der Waals surface area (Å²) in [4.78, 5) is 61.5. The van der Waals surface area contributed by atoms with Crippen molar-refractivity contribution in [3.05, 3.63) is 142 Å². The summed E-state index contributed by atoms with van der Waals surface area (Å²) in [5.41, 5.74) is -1.95. The predicted octanol–water partition coefficient (Wildman–Crippen LogP) is 9.05. The molecule has 4 amide bonds. The molecule has 3 fully saturated rings. The fourth-order valence-electron chi connectivity index (χ4n) is 10.6. The Morgan fingerprint density at radius 2 is 1.47 bits per heavy atom. The number of rotatable bonds is 15. The topological polar surface area (TPSA) is 112 Å². The molecule has 3 aliphatic heterocycles. The summed E-state index contributed by atoms with van der Waals surface area (Å²) in [6.45, 7) is 3.00. The fourth-order valence-corrected chi connectivity index (χ4v) is 10.6. The van der Waals surface area contributed by atoms with Crippen LogP contribution >= 0.6 is 0 Å². The number of carbonyl (C=O) groups is 4. The van der Waals surface area contributed by atoms with E-state index in [0.717, 1.165) is 28.9 Å². The van der Waals surface area contributed by atoms with Gasteiger partial charge < -0.3 is 33.8 Å². The SMILES string of the molecule is CN(CCCCN1CCCCN(C(=O)OCc2ccccc2)CC1=O)C(=O)CO[C@H]1Cc2ccccc2C12CCN(CC[C@@]1(c3ccc(F)cc3)CN(C(=O)c3cc(C(F)(F)F)cc(C(F)(F)F)c3)CO1)CC2. The molecule has 1 spiro atoms. The Hall–Kier alpha value is -6.05. The number of likely N-dealkylation sites (tertiary alicyclic amines) is 1. The molecule has 4 aromatic carbocycles. The number of fused-ring (bicyclic) bond motifs is 2. The number of amides is 4. The lowest BCUT2D eigenvalue weighted by Gasteiger charge is -2.44. The molecule has 73 heavy (non-hydrogen) atoms. The lowest BCUT2D eigenvalue weighted by molar-refractivity contribution is -0.143. The maximum Gasteiger partial charge on any atom is 0.416 e. The normalized spacial score (nSPS) is 20.5. The molecule has 0 saturated carbocycles. The number of likely N-dealkylation sites (N-methyl/N-ethyl adjacent to an activating group) is 1. The second-order valence-corrected chi connectivity index (χ2v) is 19.6. The minimum absolute atomic E-state index is 0.0285. The summed E-state index contributed by atoms with van der Waals surface area (Å²) in [6, 6.07) is 23.7. The summed E-state index contributed by atoms with van der Waals surface area (Å²) in [6.07, 6.45) is -5.99. The first-order valence-corrected chi connectivity index (χ1v) is 24.7. The van der Waals surface area contributed by atoms with E-state index in [0.29, 0.717) is 95.6 Å². The van der Waals surface area contributed by atoms with E-state index in [4.69, 9.17) is 14.2 Å². The molecule has 0 unspecified atom stereocenters. The third-order valence-corrected chi connectivity index (χ3v) is 14.8. The number of hydrogen-bond acceptors (Lipinski definition) is 8. The number of benzene rings is 4. The molecule has 392 valence electrons. The van der Waals surface area contributed by atoms with Gasteiger partial charge in [-0.15, -0.1) is 0 Å². The van der Waals surface area contributed by atoms with Crippen LogP contribution in [0, 0.1) is 5.82 Å². The molecule has 3 heterocycles. The predicted molar refractivity (Wildman–Crippen MR) is 254 cm³/mol. The lowest BCUT2D eigenvalue weighted by atomic mass is 9.72. The van der Waals surface area contributed by atoms with Crippen molar-refractivity contribution in [3.8, 4) is 0 Å². The van der Waals surface area contributed by atoms with Gasteiger partial charge >= 0.3 is 18.4 Å². The third-order valence-electron chi connectivity index (χ3n) is 14.8. The van der Waals surface area contributed by atoms with Crippen LogP contribution in [0.2, 0.25) is 0 Å². The molecule has 0 aromatic heterocycles. The van der Waals surface area contributed by atoms with Gasteiger partial charge in [-0.25, -0.2) is 9.18 Å². The number of ether oxygens (including phenoxy) is 3. The largest absolute Gasteiger partial charge is 0.445 e. The van der Waals surface area contributed by atoms with Gasteiger partial charge in [0.25, 0.3) is 5.91 Å². The summed E-state index contributed by atoms with van der Waals surface area (Å²) >= 11 is 0. The van der Waals surface area contributed by atoms with E-state index in [-0.39, 0.29) is 62.1 Å². The fraction of sp³-hybridized carbons (Fsp3) is 0.481. The first kappa shape index (κ1) is 53.2. The number of piperidine rings is 1. The van der Waals surface area contributed by atoms with Gasteiger partial charge in [0.15, 0.2) is 0 Å². The van der Waals surface area contributed by atoms with Crippen LogP contribution in [-0.4, -0.2) is 134 Å². The minimum atomic E-state index is -5.14. The second-order valence-electron chi connectivity index (χ2n) is 19.6. The highest BCUT2D eigenvalue weighted by Crippen LogP contribution is 2.48. The van der Waals surface area contributed by atoms with Crippen LogP contribution in [0.1, 0.15) is 88.7 Å².